The van der Waals surface area contributed by atoms with E-state index >= 15 is 0 Å². The van der Waals surface area contributed by atoms with Crippen LogP contribution in [0, 0.1) is 6.92 Å². The number of aliphatic hydroxyl groups is 1. The maximum Gasteiger partial charge on any atom is 0.237 e. The Hall–Kier alpha value is -2.19. The molecule has 1 aromatic carbocycles. The fourth-order valence-corrected chi connectivity index (χ4v) is 4.98. The second-order valence-electron chi connectivity index (χ2n) is 9.84. The number of aryl methyl sites for hydroxylation is 1. The minimum absolute atomic E-state index is 0.0279. The van der Waals surface area contributed by atoms with Gasteiger partial charge in [0.25, 0.3) is 0 Å². The van der Waals surface area contributed by atoms with Crippen LogP contribution in [0.5, 0.6) is 5.75 Å². The molecule has 1 N–H and O–H groups in total. The van der Waals surface area contributed by atoms with Crippen LogP contribution in [-0.4, -0.2) is 71.9 Å². The van der Waals surface area contributed by atoms with Crippen molar-refractivity contribution in [3.63, 3.8) is 0 Å². The van der Waals surface area contributed by atoms with Crippen LogP contribution < -0.4 is 4.74 Å². The molecule has 1 aliphatic rings. The van der Waals surface area contributed by atoms with E-state index in [1.54, 1.807) is 17.4 Å². The van der Waals surface area contributed by atoms with Crippen molar-refractivity contribution in [2.75, 3.05) is 39.4 Å². The molecule has 186 valence electrons. The minimum atomic E-state index is -0.683. The maximum atomic E-state index is 13.5. The molecule has 34 heavy (non-hydrogen) atoms. The molecule has 0 spiro atoms. The van der Waals surface area contributed by atoms with Crippen molar-refractivity contribution in [1.29, 1.82) is 0 Å². The number of fused-ring (bicyclic) bond motifs is 1. The average molecular weight is 487 g/mol. The summed E-state index contributed by atoms with van der Waals surface area (Å²) in [6.45, 7) is 14.1. The summed E-state index contributed by atoms with van der Waals surface area (Å²) in [4.78, 5) is 18.6. The van der Waals surface area contributed by atoms with Crippen molar-refractivity contribution >= 4 is 17.2 Å². The first-order valence-electron chi connectivity index (χ1n) is 11.9. The number of hydrogen-bond acceptors (Lipinski definition) is 6. The van der Waals surface area contributed by atoms with Crippen molar-refractivity contribution < 1.29 is 19.4 Å². The topological polar surface area (TPSA) is 62.2 Å². The van der Waals surface area contributed by atoms with Gasteiger partial charge in [-0.1, -0.05) is 23.8 Å². The third-order valence-corrected chi connectivity index (χ3v) is 6.76. The summed E-state index contributed by atoms with van der Waals surface area (Å²) in [6, 6.07) is 9.95. The van der Waals surface area contributed by atoms with Gasteiger partial charge < -0.3 is 19.5 Å². The number of hydrogen-bond donors (Lipinski definition) is 1. The van der Waals surface area contributed by atoms with Crippen LogP contribution in [-0.2, 0) is 16.0 Å². The number of carbonyl (C=O) groups excluding carboxylic acids is 1. The Bertz CT molecular complexity index is 935. The molecule has 1 amide bonds. The number of rotatable bonds is 11. The standard InChI is InChI=1S/C27H38N2O4S/c1-6-13-28(16-21(30)18-33-27(3,4)5)17-26(31)29-14-11-25-23(12-15-34-25)24(29)19-32-22-9-7-20(2)8-10-22/h6-10,12,15,21,24,30H,1,11,13-14,16-19H2,2-5H3. The summed E-state index contributed by atoms with van der Waals surface area (Å²) in [6.07, 6.45) is 1.93. The minimum Gasteiger partial charge on any atom is -0.491 e. The van der Waals surface area contributed by atoms with Crippen molar-refractivity contribution in [2.24, 2.45) is 0 Å². The molecule has 0 bridgehead atoms. The number of aliphatic hydroxyl groups excluding tert-OH is 1. The first-order chi connectivity index (χ1) is 16.2. The first-order valence-corrected chi connectivity index (χ1v) is 12.7. The summed E-state index contributed by atoms with van der Waals surface area (Å²) in [5.41, 5.74) is 2.03. The summed E-state index contributed by atoms with van der Waals surface area (Å²) in [7, 11) is 0. The van der Waals surface area contributed by atoms with E-state index < -0.39 is 6.10 Å². The molecule has 0 fully saturated rings. The van der Waals surface area contributed by atoms with Crippen molar-refractivity contribution in [3.8, 4) is 5.75 Å². The van der Waals surface area contributed by atoms with Gasteiger partial charge in [-0.15, -0.1) is 17.9 Å². The monoisotopic (exact) mass is 486 g/mol. The van der Waals surface area contributed by atoms with Gasteiger partial charge in [-0.05, 0) is 63.3 Å². The van der Waals surface area contributed by atoms with Gasteiger partial charge in [0.15, 0.2) is 0 Å². The highest BCUT2D eigenvalue weighted by atomic mass is 32.1. The zero-order valence-corrected chi connectivity index (χ0v) is 21.6. The molecule has 1 aromatic heterocycles. The highest BCUT2D eigenvalue weighted by Crippen LogP contribution is 2.34. The molecule has 2 aromatic rings. The molecule has 0 aliphatic carbocycles. The Labute approximate surface area is 207 Å². The zero-order chi connectivity index (χ0) is 24.7. The van der Waals surface area contributed by atoms with Gasteiger partial charge in [-0.3, -0.25) is 9.69 Å². The summed E-state index contributed by atoms with van der Waals surface area (Å²) >= 11 is 1.74. The lowest BCUT2D eigenvalue weighted by Crippen LogP contribution is -2.48. The third kappa shape index (κ3) is 7.67. The normalized spacial score (nSPS) is 16.9. The highest BCUT2D eigenvalue weighted by molar-refractivity contribution is 7.10. The lowest BCUT2D eigenvalue weighted by Gasteiger charge is -2.37. The highest BCUT2D eigenvalue weighted by Gasteiger charge is 2.33. The van der Waals surface area contributed by atoms with Crippen molar-refractivity contribution in [3.05, 3.63) is 64.4 Å². The zero-order valence-electron chi connectivity index (χ0n) is 20.8. The molecule has 0 radical (unpaired) electrons. The third-order valence-electron chi connectivity index (χ3n) is 5.77. The Morgan fingerprint density at radius 2 is 2.06 bits per heavy atom. The predicted octanol–water partition coefficient (Wildman–Crippen LogP) is 4.23. The Kier molecular flexibility index (Phi) is 9.31. The predicted molar refractivity (Wildman–Crippen MR) is 137 cm³/mol. The van der Waals surface area contributed by atoms with Gasteiger partial charge >= 0.3 is 0 Å². The number of amides is 1. The van der Waals surface area contributed by atoms with E-state index in [4.69, 9.17) is 9.47 Å². The SMILES string of the molecule is C=CCN(CC(=O)N1CCc2sccc2C1COc1ccc(C)cc1)CC(O)COC(C)(C)C. The van der Waals surface area contributed by atoms with E-state index in [0.29, 0.717) is 26.2 Å². The van der Waals surface area contributed by atoms with Crippen LogP contribution in [0.1, 0.15) is 42.8 Å². The van der Waals surface area contributed by atoms with E-state index in [2.05, 4.69) is 18.0 Å². The smallest absolute Gasteiger partial charge is 0.237 e. The number of nitrogens with zero attached hydrogens (tertiary/aromatic N) is 2. The molecule has 0 saturated heterocycles. The first kappa shape index (κ1) is 26.4. The molecule has 2 atom stereocenters. The fourth-order valence-electron chi connectivity index (χ4n) is 4.05. The number of ether oxygens (including phenoxy) is 2. The van der Waals surface area contributed by atoms with Gasteiger partial charge in [0.2, 0.25) is 5.91 Å². The number of thiophene rings is 1. The lowest BCUT2D eigenvalue weighted by molar-refractivity contribution is -0.136. The Balaban J connectivity index is 1.67. The van der Waals surface area contributed by atoms with E-state index in [1.807, 2.05) is 61.8 Å². The fraction of sp³-hybridized carbons (Fsp3) is 0.519. The van der Waals surface area contributed by atoms with Crippen molar-refractivity contribution in [2.45, 2.75) is 51.9 Å². The van der Waals surface area contributed by atoms with E-state index in [1.165, 1.54) is 16.0 Å². The maximum absolute atomic E-state index is 13.5. The Morgan fingerprint density at radius 3 is 2.74 bits per heavy atom. The molecule has 1 aliphatic heterocycles. The van der Waals surface area contributed by atoms with Crippen molar-refractivity contribution in [1.82, 2.24) is 9.80 Å². The molecule has 3 rings (SSSR count). The van der Waals surface area contributed by atoms with Gasteiger partial charge in [-0.2, -0.15) is 0 Å². The summed E-state index contributed by atoms with van der Waals surface area (Å²) in [5.74, 6) is 0.829. The van der Waals surface area contributed by atoms with Crippen LogP contribution >= 0.6 is 11.3 Å². The van der Waals surface area contributed by atoms with E-state index in [-0.39, 0.29) is 30.7 Å². The van der Waals surface area contributed by atoms with Gasteiger partial charge in [-0.25, -0.2) is 0 Å². The van der Waals surface area contributed by atoms with Gasteiger partial charge in [0.05, 0.1) is 30.9 Å². The molecule has 7 heteroatoms. The molecule has 0 saturated carbocycles. The van der Waals surface area contributed by atoms with Gasteiger partial charge in [0.1, 0.15) is 12.4 Å². The van der Waals surface area contributed by atoms with Crippen LogP contribution in [0.3, 0.4) is 0 Å². The molecule has 2 unspecified atom stereocenters. The largest absolute Gasteiger partial charge is 0.491 e. The number of carbonyl (C=O) groups is 1. The second-order valence-corrected chi connectivity index (χ2v) is 10.8. The summed E-state index contributed by atoms with van der Waals surface area (Å²) in [5, 5.41) is 12.6. The molecule has 2 heterocycles. The average Bonchev–Trinajstić information content (AvgIpc) is 3.26. The second kappa shape index (κ2) is 12.0. The van der Waals surface area contributed by atoms with Crippen LogP contribution in [0.2, 0.25) is 0 Å². The quantitative estimate of drug-likeness (QED) is 0.482. The Morgan fingerprint density at radius 1 is 1.32 bits per heavy atom. The number of benzene rings is 1. The molecular weight excluding hydrogens is 448 g/mol. The lowest BCUT2D eigenvalue weighted by atomic mass is 10.0. The van der Waals surface area contributed by atoms with E-state index in [0.717, 1.165) is 12.2 Å². The van der Waals surface area contributed by atoms with Crippen LogP contribution in [0.15, 0.2) is 48.4 Å². The van der Waals surface area contributed by atoms with Gasteiger partial charge in [0, 0.05) is 24.5 Å². The molecular formula is C27H38N2O4S. The van der Waals surface area contributed by atoms with Crippen LogP contribution in [0.25, 0.3) is 0 Å². The van der Waals surface area contributed by atoms with E-state index in [9.17, 15) is 9.90 Å². The summed E-state index contributed by atoms with van der Waals surface area (Å²) < 4.78 is 11.8. The molecule has 6 nitrogen and oxygen atoms in total. The van der Waals surface area contributed by atoms with Crippen LogP contribution in [0.4, 0.5) is 0 Å².